The summed E-state index contributed by atoms with van der Waals surface area (Å²) in [6.45, 7) is 11.2. The Balaban J connectivity index is 5.46. The highest BCUT2D eigenvalue weighted by molar-refractivity contribution is 7.47. The molecule has 0 radical (unpaired) electrons. The third-order valence-corrected chi connectivity index (χ3v) is 21.9. The van der Waals surface area contributed by atoms with Gasteiger partial charge in [0.1, 0.15) is 30.8 Å². The summed E-state index contributed by atoms with van der Waals surface area (Å²) >= 11 is 0. The van der Waals surface area contributed by atoms with E-state index in [1.165, 1.54) is 167 Å². The molecule has 6 atom stereocenters. The van der Waals surface area contributed by atoms with Crippen molar-refractivity contribution in [3.8, 4) is 0 Å². The van der Waals surface area contributed by atoms with Crippen LogP contribution < -0.4 is 10.6 Å². The smallest absolute Gasteiger partial charge is 0.462 e. The van der Waals surface area contributed by atoms with E-state index < -0.39 is 77.8 Å². The van der Waals surface area contributed by atoms with Crippen molar-refractivity contribution in [2.75, 3.05) is 65.9 Å². The zero-order valence-corrected chi connectivity index (χ0v) is 72.7. The average Bonchev–Trinajstić information content (AvgIpc) is 0.918. The van der Waals surface area contributed by atoms with Gasteiger partial charge in [0.25, 0.3) is 0 Å². The molecule has 24 heteroatoms. The van der Waals surface area contributed by atoms with Gasteiger partial charge in [-0.3, -0.25) is 46.9 Å². The van der Waals surface area contributed by atoms with Crippen LogP contribution in [0.1, 0.15) is 427 Å². The Hall–Kier alpha value is -3.04. The first-order chi connectivity index (χ1) is 53.4. The van der Waals surface area contributed by atoms with Gasteiger partial charge in [-0.1, -0.05) is 324 Å². The maximum absolute atomic E-state index is 13.2. The normalized spacial score (nSPS) is 13.8. The summed E-state index contributed by atoms with van der Waals surface area (Å²) in [6, 6.07) is 0. The van der Waals surface area contributed by atoms with Crippen LogP contribution in [-0.2, 0) is 84.4 Å². The standard InChI is InChI=1S/C86H166N2O20P2/c1-7-13-19-25-29-33-35-39-43-49-55-62-85(93)107-79(73-99-69-64-77(58-51-45-23-17-11-5)105-83(91)60-53-47-41-37-31-27-21-15-9-3)75-103-109(95,96)101-68-57-66-87-81(89)72-82(90)88-67-71-102-110(97,98)104-76-80(108-86(94)63-56-50-44-40-36-34-30-26-20-14-8-2)74-100-70-65-78(59-52-46-24-18-12-6)106-84(92)61-54-48-42-38-32-28-22-16-10-4/h77-80H,7-76H2,1-6H3,(H,87,89)(H,88,90)(H,95,96)(H,97,98)/t77-,78-,79-,80-/m1/s1. The molecule has 0 spiro atoms. The van der Waals surface area contributed by atoms with Crippen LogP contribution in [0, 0.1) is 0 Å². The second-order valence-electron chi connectivity index (χ2n) is 30.7. The third kappa shape index (κ3) is 76.3. The highest BCUT2D eigenvalue weighted by Crippen LogP contribution is 2.44. The molecule has 0 saturated carbocycles. The Morgan fingerprint density at radius 3 is 0.800 bits per heavy atom. The lowest BCUT2D eigenvalue weighted by Gasteiger charge is -2.21. The molecule has 2 amide bonds. The maximum Gasteiger partial charge on any atom is 0.472 e. The zero-order valence-electron chi connectivity index (χ0n) is 70.9. The Kier molecular flexibility index (Phi) is 77.6. The summed E-state index contributed by atoms with van der Waals surface area (Å²) in [4.78, 5) is 99.1. The quantitative estimate of drug-likeness (QED) is 0.0145. The molecule has 0 aliphatic heterocycles. The van der Waals surface area contributed by atoms with Gasteiger partial charge in [-0.15, -0.1) is 0 Å². The van der Waals surface area contributed by atoms with E-state index in [2.05, 4.69) is 52.2 Å². The van der Waals surface area contributed by atoms with Gasteiger partial charge in [-0.2, -0.15) is 0 Å². The molecule has 0 aromatic carbocycles. The largest absolute Gasteiger partial charge is 0.472 e. The van der Waals surface area contributed by atoms with E-state index in [0.717, 1.165) is 141 Å². The van der Waals surface area contributed by atoms with Crippen molar-refractivity contribution < 1.29 is 94.2 Å². The van der Waals surface area contributed by atoms with Crippen molar-refractivity contribution >= 4 is 51.3 Å². The van der Waals surface area contributed by atoms with Crippen LogP contribution in [0.5, 0.6) is 0 Å². The summed E-state index contributed by atoms with van der Waals surface area (Å²) in [5.41, 5.74) is 0. The van der Waals surface area contributed by atoms with Gasteiger partial charge in [0, 0.05) is 51.6 Å². The summed E-state index contributed by atoms with van der Waals surface area (Å²) in [6.07, 6.45) is 56.1. The van der Waals surface area contributed by atoms with Crippen molar-refractivity contribution in [2.45, 2.75) is 451 Å². The molecular weight excluding hydrogens is 1440 g/mol. The molecule has 22 nitrogen and oxygen atoms in total. The number of phosphoric ester groups is 2. The fourth-order valence-electron chi connectivity index (χ4n) is 13.1. The van der Waals surface area contributed by atoms with Gasteiger partial charge in [0.05, 0.1) is 52.9 Å². The van der Waals surface area contributed by atoms with E-state index in [4.69, 9.17) is 46.5 Å². The number of nitrogens with one attached hydrogen (secondary N) is 2. The van der Waals surface area contributed by atoms with E-state index in [-0.39, 0.29) is 89.5 Å². The molecule has 110 heavy (non-hydrogen) atoms. The van der Waals surface area contributed by atoms with Crippen LogP contribution in [0.3, 0.4) is 0 Å². The summed E-state index contributed by atoms with van der Waals surface area (Å²) in [5.74, 6) is -2.76. The fourth-order valence-corrected chi connectivity index (χ4v) is 14.6. The molecule has 0 fully saturated rings. The van der Waals surface area contributed by atoms with E-state index in [9.17, 15) is 47.7 Å². The van der Waals surface area contributed by atoms with Gasteiger partial charge in [-0.25, -0.2) is 9.13 Å². The lowest BCUT2D eigenvalue weighted by molar-refractivity contribution is -0.156. The van der Waals surface area contributed by atoms with Crippen molar-refractivity contribution in [1.82, 2.24) is 10.6 Å². The molecule has 0 aliphatic carbocycles. The molecule has 0 saturated heterocycles. The topological polar surface area (TPSA) is 293 Å². The molecule has 0 aromatic rings. The zero-order chi connectivity index (χ0) is 80.8. The Labute approximate surface area is 670 Å². The average molecular weight is 1610 g/mol. The van der Waals surface area contributed by atoms with Crippen LogP contribution >= 0.6 is 15.6 Å². The van der Waals surface area contributed by atoms with Gasteiger partial charge >= 0.3 is 39.5 Å². The Morgan fingerprint density at radius 2 is 0.509 bits per heavy atom. The van der Waals surface area contributed by atoms with Crippen molar-refractivity contribution in [1.29, 1.82) is 0 Å². The molecule has 0 rings (SSSR count). The highest BCUT2D eigenvalue weighted by Gasteiger charge is 2.28. The van der Waals surface area contributed by atoms with E-state index in [0.29, 0.717) is 51.4 Å². The number of rotatable bonds is 87. The first kappa shape index (κ1) is 107. The number of ether oxygens (including phenoxy) is 6. The number of esters is 4. The number of carbonyl (C=O) groups is 6. The molecule has 0 aromatic heterocycles. The number of amides is 2. The van der Waals surface area contributed by atoms with Gasteiger partial charge in [0.2, 0.25) is 11.8 Å². The first-order valence-corrected chi connectivity index (χ1v) is 48.1. The molecule has 0 bridgehead atoms. The van der Waals surface area contributed by atoms with E-state index in [1.807, 2.05) is 0 Å². The maximum atomic E-state index is 13.2. The second-order valence-corrected chi connectivity index (χ2v) is 33.6. The minimum absolute atomic E-state index is 0.0308. The van der Waals surface area contributed by atoms with Crippen LogP contribution in [0.4, 0.5) is 0 Å². The number of hydrogen-bond acceptors (Lipinski definition) is 18. The highest BCUT2D eigenvalue weighted by atomic mass is 31.2. The predicted octanol–water partition coefficient (Wildman–Crippen LogP) is 22.7. The van der Waals surface area contributed by atoms with Gasteiger partial charge in [-0.05, 0) is 57.8 Å². The Bertz CT molecular complexity index is 2240. The fraction of sp³-hybridized carbons (Fsp3) is 0.930. The molecule has 0 aliphatic rings. The summed E-state index contributed by atoms with van der Waals surface area (Å²) in [7, 11) is -9.45. The lowest BCUT2D eigenvalue weighted by atomic mass is 10.1. The Morgan fingerprint density at radius 1 is 0.264 bits per heavy atom. The first-order valence-electron chi connectivity index (χ1n) is 45.1. The SMILES string of the molecule is CCCCCCCCCCCCCC(=O)O[C@H](COCC[C@@H](CCCCCCC)OC(=O)CCCCCCCCCCC)COP(=O)(O)OCCCNC(=O)CC(=O)NCCOP(=O)(O)OC[C@@H](COCC[C@@H](CCCCCCC)OC(=O)CCCCCCCCCCC)OC(=O)CCCCCCCCCCCCC. The molecule has 0 heterocycles. The van der Waals surface area contributed by atoms with E-state index in [1.54, 1.807) is 0 Å². The van der Waals surface area contributed by atoms with Gasteiger partial charge < -0.3 is 48.8 Å². The van der Waals surface area contributed by atoms with Gasteiger partial charge in [0.15, 0.2) is 0 Å². The molecule has 2 unspecified atom stereocenters. The van der Waals surface area contributed by atoms with Crippen LogP contribution in [0.25, 0.3) is 0 Å². The van der Waals surface area contributed by atoms with Crippen molar-refractivity contribution in [3.05, 3.63) is 0 Å². The summed E-state index contributed by atoms with van der Waals surface area (Å²) in [5, 5.41) is 5.01. The van der Waals surface area contributed by atoms with Crippen LogP contribution in [-0.4, -0.2) is 136 Å². The molecular formula is C86H166N2O20P2. The number of phosphoric acid groups is 2. The van der Waals surface area contributed by atoms with Crippen LogP contribution in [0.15, 0.2) is 0 Å². The lowest BCUT2D eigenvalue weighted by Crippen LogP contribution is -2.34. The number of unbranched alkanes of at least 4 members (excludes halogenated alkanes) is 44. The molecule has 650 valence electrons. The van der Waals surface area contributed by atoms with Crippen LogP contribution in [0.2, 0.25) is 0 Å². The third-order valence-electron chi connectivity index (χ3n) is 19.9. The molecule has 4 N–H and O–H groups in total. The van der Waals surface area contributed by atoms with E-state index >= 15 is 0 Å². The monoisotopic (exact) mass is 1610 g/mol. The minimum Gasteiger partial charge on any atom is -0.462 e. The number of hydrogen-bond donors (Lipinski definition) is 4. The number of carbonyl (C=O) groups excluding carboxylic acids is 6. The van der Waals surface area contributed by atoms with Crippen molar-refractivity contribution in [3.63, 3.8) is 0 Å². The van der Waals surface area contributed by atoms with Crippen molar-refractivity contribution in [2.24, 2.45) is 0 Å². The summed E-state index contributed by atoms with van der Waals surface area (Å²) < 4.78 is 82.7. The second kappa shape index (κ2) is 79.8. The predicted molar refractivity (Wildman–Crippen MR) is 442 cm³/mol. The minimum atomic E-state index is -4.76.